The maximum absolute atomic E-state index is 3.71. The minimum atomic E-state index is 1.05. The van der Waals surface area contributed by atoms with Crippen LogP contribution in [0, 0.1) is 6.92 Å². The summed E-state index contributed by atoms with van der Waals surface area (Å²) in [5.41, 5.74) is 8.15. The highest BCUT2D eigenvalue weighted by molar-refractivity contribution is 9.10. The Morgan fingerprint density at radius 3 is 2.56 bits per heavy atom. The minimum Gasteiger partial charge on any atom is -0.0765 e. The number of halogens is 1. The van der Waals surface area contributed by atoms with E-state index in [-0.39, 0.29) is 0 Å². The number of fused-ring (bicyclic) bond motifs is 1. The zero-order valence-corrected chi connectivity index (χ0v) is 12.2. The largest absolute Gasteiger partial charge is 0.0765 e. The number of allylic oxidation sites excluding steroid dienone is 2. The monoisotopic (exact) mass is 298 g/mol. The molecule has 18 heavy (non-hydrogen) atoms. The van der Waals surface area contributed by atoms with Crippen LogP contribution in [0.2, 0.25) is 0 Å². The van der Waals surface area contributed by atoms with Gasteiger partial charge in [0.2, 0.25) is 0 Å². The third kappa shape index (κ3) is 1.83. The normalized spacial score (nSPS) is 13.4. The molecule has 0 fully saturated rings. The van der Waals surface area contributed by atoms with Gasteiger partial charge in [-0.3, -0.25) is 0 Å². The topological polar surface area (TPSA) is 0 Å². The van der Waals surface area contributed by atoms with E-state index in [1.165, 1.54) is 37.9 Å². The van der Waals surface area contributed by atoms with Crippen molar-refractivity contribution in [3.05, 3.63) is 63.6 Å². The Bertz CT molecular complexity index is 651. The standard InChI is InChI=1S/C17H15Br/c1-11-5-3-4-6-14(11)13-9-16-12(2)7-8-15(16)17(18)10-13/h3-7,9-10H,8H2,1-2H3. The molecule has 0 heterocycles. The molecule has 0 N–H and O–H groups in total. The Labute approximate surface area is 116 Å². The molecule has 3 rings (SSSR count). The van der Waals surface area contributed by atoms with Gasteiger partial charge in [-0.25, -0.2) is 0 Å². The first-order valence-electron chi connectivity index (χ1n) is 6.22. The molecule has 90 valence electrons. The molecule has 0 atom stereocenters. The van der Waals surface area contributed by atoms with Crippen molar-refractivity contribution in [3.63, 3.8) is 0 Å². The van der Waals surface area contributed by atoms with E-state index in [0.29, 0.717) is 0 Å². The second kappa shape index (κ2) is 4.40. The number of rotatable bonds is 1. The molecule has 0 aliphatic heterocycles. The van der Waals surface area contributed by atoms with Crippen molar-refractivity contribution in [1.82, 2.24) is 0 Å². The molecule has 0 amide bonds. The van der Waals surface area contributed by atoms with E-state index < -0.39 is 0 Å². The van der Waals surface area contributed by atoms with Gasteiger partial charge in [0.05, 0.1) is 0 Å². The van der Waals surface area contributed by atoms with Crippen LogP contribution in [0.3, 0.4) is 0 Å². The summed E-state index contributed by atoms with van der Waals surface area (Å²) in [7, 11) is 0. The van der Waals surface area contributed by atoms with Gasteiger partial charge in [-0.05, 0) is 65.8 Å². The summed E-state index contributed by atoms with van der Waals surface area (Å²) < 4.78 is 1.23. The van der Waals surface area contributed by atoms with Crippen molar-refractivity contribution in [2.75, 3.05) is 0 Å². The zero-order valence-electron chi connectivity index (χ0n) is 10.6. The van der Waals surface area contributed by atoms with E-state index in [0.717, 1.165) is 6.42 Å². The van der Waals surface area contributed by atoms with Crippen molar-refractivity contribution in [2.24, 2.45) is 0 Å². The van der Waals surface area contributed by atoms with Crippen LogP contribution in [0.5, 0.6) is 0 Å². The number of hydrogen-bond acceptors (Lipinski definition) is 0. The van der Waals surface area contributed by atoms with E-state index >= 15 is 0 Å². The number of hydrogen-bond donors (Lipinski definition) is 0. The smallest absolute Gasteiger partial charge is 0.0222 e. The predicted molar refractivity (Wildman–Crippen MR) is 81.7 cm³/mol. The highest BCUT2D eigenvalue weighted by Gasteiger charge is 2.15. The molecule has 1 aliphatic carbocycles. The van der Waals surface area contributed by atoms with Crippen LogP contribution in [-0.4, -0.2) is 0 Å². The van der Waals surface area contributed by atoms with Gasteiger partial charge in [0.15, 0.2) is 0 Å². The fraction of sp³-hybridized carbons (Fsp3) is 0.176. The van der Waals surface area contributed by atoms with Gasteiger partial charge in [-0.1, -0.05) is 46.3 Å². The lowest BCUT2D eigenvalue weighted by atomic mass is 9.96. The van der Waals surface area contributed by atoms with Gasteiger partial charge < -0.3 is 0 Å². The average Bonchev–Trinajstić information content (AvgIpc) is 2.72. The summed E-state index contributed by atoms with van der Waals surface area (Å²) in [6, 6.07) is 13.1. The van der Waals surface area contributed by atoms with Crippen LogP contribution in [0.4, 0.5) is 0 Å². The maximum Gasteiger partial charge on any atom is 0.0222 e. The van der Waals surface area contributed by atoms with E-state index in [1.54, 1.807) is 0 Å². The molecule has 0 bridgehead atoms. The first-order chi connectivity index (χ1) is 8.66. The van der Waals surface area contributed by atoms with Crippen LogP contribution in [-0.2, 0) is 6.42 Å². The fourth-order valence-corrected chi connectivity index (χ4v) is 3.24. The highest BCUT2D eigenvalue weighted by atomic mass is 79.9. The van der Waals surface area contributed by atoms with Crippen molar-refractivity contribution in [3.8, 4) is 11.1 Å². The second-order valence-electron chi connectivity index (χ2n) is 4.89. The molecule has 0 saturated carbocycles. The molecule has 0 unspecified atom stereocenters. The summed E-state index contributed by atoms with van der Waals surface area (Å²) in [6.45, 7) is 4.36. The van der Waals surface area contributed by atoms with Crippen LogP contribution in [0.25, 0.3) is 16.7 Å². The third-order valence-corrected chi connectivity index (χ3v) is 4.40. The molecular weight excluding hydrogens is 284 g/mol. The molecule has 0 radical (unpaired) electrons. The van der Waals surface area contributed by atoms with Crippen molar-refractivity contribution >= 4 is 21.5 Å². The summed E-state index contributed by atoms with van der Waals surface area (Å²) in [4.78, 5) is 0. The van der Waals surface area contributed by atoms with E-state index in [9.17, 15) is 0 Å². The molecule has 0 aromatic heterocycles. The Morgan fingerprint density at radius 2 is 1.78 bits per heavy atom. The average molecular weight is 299 g/mol. The second-order valence-corrected chi connectivity index (χ2v) is 5.74. The summed E-state index contributed by atoms with van der Waals surface area (Å²) in [6.07, 6.45) is 3.35. The third-order valence-electron chi connectivity index (χ3n) is 3.69. The predicted octanol–water partition coefficient (Wildman–Crippen LogP) is 5.38. The van der Waals surface area contributed by atoms with Gasteiger partial charge in [0.25, 0.3) is 0 Å². The minimum absolute atomic E-state index is 1.05. The van der Waals surface area contributed by atoms with Gasteiger partial charge in [0, 0.05) is 4.47 Å². The van der Waals surface area contributed by atoms with Crippen molar-refractivity contribution in [2.45, 2.75) is 20.3 Å². The van der Waals surface area contributed by atoms with E-state index in [1.807, 2.05) is 0 Å². The van der Waals surface area contributed by atoms with Gasteiger partial charge in [-0.2, -0.15) is 0 Å². The summed E-state index contributed by atoms with van der Waals surface area (Å²) in [5.74, 6) is 0. The number of benzene rings is 2. The van der Waals surface area contributed by atoms with Crippen LogP contribution >= 0.6 is 15.9 Å². The molecule has 2 aromatic rings. The highest BCUT2D eigenvalue weighted by Crippen LogP contribution is 2.37. The van der Waals surface area contributed by atoms with E-state index in [4.69, 9.17) is 0 Å². The lowest BCUT2D eigenvalue weighted by molar-refractivity contribution is 1.28. The Balaban J connectivity index is 2.21. The van der Waals surface area contributed by atoms with Gasteiger partial charge in [-0.15, -0.1) is 0 Å². The first kappa shape index (κ1) is 11.7. The molecule has 0 spiro atoms. The molecule has 1 heteroatoms. The SMILES string of the molecule is CC1=CCc2c(Br)cc(-c3ccccc3C)cc21. The Kier molecular flexibility index (Phi) is 2.87. The van der Waals surface area contributed by atoms with Crippen LogP contribution in [0.1, 0.15) is 23.6 Å². The summed E-state index contributed by atoms with van der Waals surface area (Å²) >= 11 is 3.71. The van der Waals surface area contributed by atoms with Crippen molar-refractivity contribution < 1.29 is 0 Å². The molecule has 0 saturated heterocycles. The lowest BCUT2D eigenvalue weighted by Crippen LogP contribution is -1.90. The summed E-state index contributed by atoms with van der Waals surface area (Å²) in [5, 5.41) is 0. The zero-order chi connectivity index (χ0) is 12.7. The molecular formula is C17H15Br. The first-order valence-corrected chi connectivity index (χ1v) is 7.01. The Hall–Kier alpha value is -1.34. The van der Waals surface area contributed by atoms with Crippen LogP contribution in [0.15, 0.2) is 46.9 Å². The van der Waals surface area contributed by atoms with Crippen molar-refractivity contribution in [1.29, 1.82) is 0 Å². The maximum atomic E-state index is 3.71. The molecule has 0 nitrogen and oxygen atoms in total. The fourth-order valence-electron chi connectivity index (χ4n) is 2.61. The van der Waals surface area contributed by atoms with Crippen LogP contribution < -0.4 is 0 Å². The quantitative estimate of drug-likeness (QED) is 0.663. The molecule has 2 aromatic carbocycles. The van der Waals surface area contributed by atoms with E-state index in [2.05, 4.69) is 72.3 Å². The lowest BCUT2D eigenvalue weighted by Gasteiger charge is -2.11. The molecule has 1 aliphatic rings. The van der Waals surface area contributed by atoms with Gasteiger partial charge >= 0.3 is 0 Å². The Morgan fingerprint density at radius 1 is 1.00 bits per heavy atom. The number of aryl methyl sites for hydroxylation is 1. The van der Waals surface area contributed by atoms with Gasteiger partial charge in [0.1, 0.15) is 0 Å².